The number of alkyl carbamates (subject to hydrolysis) is 6. The van der Waals surface area contributed by atoms with Crippen molar-refractivity contribution in [2.24, 2.45) is 0 Å². The number of rotatable bonds is 48. The minimum absolute atomic E-state index is 0.0415. The van der Waals surface area contributed by atoms with Gasteiger partial charge >= 0.3 is 36.6 Å². The van der Waals surface area contributed by atoms with E-state index < -0.39 is 125 Å². The van der Waals surface area contributed by atoms with Gasteiger partial charge in [-0.3, -0.25) is 14.7 Å². The van der Waals surface area contributed by atoms with Gasteiger partial charge in [-0.05, 0) is 225 Å². The molecule has 150 heavy (non-hydrogen) atoms. The third kappa shape index (κ3) is 45.3. The summed E-state index contributed by atoms with van der Waals surface area (Å²) in [6.45, 7) is 39.7. The van der Waals surface area contributed by atoms with Crippen molar-refractivity contribution in [2.45, 2.75) is 272 Å². The molecule has 1 aliphatic rings. The van der Waals surface area contributed by atoms with Gasteiger partial charge in [0.2, 0.25) is 0 Å². The Morgan fingerprint density at radius 3 is 0.513 bits per heavy atom. The molecule has 1 fully saturated rings. The van der Waals surface area contributed by atoms with E-state index in [0.717, 1.165) is 106 Å². The average Bonchev–Trinajstić information content (AvgIpc) is 1.29. The zero-order chi connectivity index (χ0) is 109. The number of hydrogen-bond donors (Lipinski definition) is 12. The number of aliphatic hydroxyl groups excluding tert-OH is 6. The van der Waals surface area contributed by atoms with Crippen LogP contribution in [0.5, 0.6) is 0 Å². The van der Waals surface area contributed by atoms with Crippen molar-refractivity contribution >= 4 is 36.6 Å². The molecule has 0 bridgehead atoms. The summed E-state index contributed by atoms with van der Waals surface area (Å²) in [5.41, 5.74) is 10.4. The molecular formula is C117H159N9O24. The van der Waals surface area contributed by atoms with Crippen LogP contribution in [0.1, 0.15) is 280 Å². The summed E-state index contributed by atoms with van der Waals surface area (Å²) >= 11 is 0. The van der Waals surface area contributed by atoms with E-state index in [4.69, 9.17) is 56.8 Å². The second-order valence-electron chi connectivity index (χ2n) is 43.8. The Hall–Kier alpha value is -12.0. The first kappa shape index (κ1) is 120. The first-order chi connectivity index (χ1) is 70.9. The Morgan fingerprint density at radius 2 is 0.360 bits per heavy atom. The van der Waals surface area contributed by atoms with E-state index >= 15 is 0 Å². The molecule has 1 saturated heterocycles. The minimum atomic E-state index is -0.994. The van der Waals surface area contributed by atoms with Crippen molar-refractivity contribution < 1.29 is 116 Å². The molecule has 1 aliphatic heterocycles. The Kier molecular flexibility index (Phi) is 45.9. The standard InChI is InChI=1S/C117H159N9O24/c1-112(2,3)145-106(133)118-61-97(127)88-37-25-82(26-38-88)70-139-76-103(142-73-85-31-43-91(44-32-85)100(130)64-121-109(136)148-115(10,11)12)94-49-19-79(20-50-94)67-124-55-57-125(68-80-21-51-95(52-22-80)104(143-74-86-33-45-92(46-34-86)101(131)65-122-110(137)149-116(13,14)15)77-140-71-83-27-39-89(40-28-83)98(128)62-119-107(134)146-113(4,5)6)59-60-126(58-56-124)69-81-23-53-96(54-24-81)105(144-75-87-35-47-93(48-36-87)102(132)66-123-111(138)150-117(16,17)18)78-141-72-84-29-41-90(42-30-84)99(129)63-120-108(135)147-114(7,8)9/h19-54,97-105,127-132H,55-78H2,1-18H3,(H,118,133)(H,119,134)(H,120,135)(H,121,136)(H,122,137)(H,123,138)/t97?,98?,99?,100?,101?,102?,103-,104-,105-/m0/s1. The largest absolute Gasteiger partial charge is 0.444 e. The highest BCUT2D eigenvalue weighted by Crippen LogP contribution is 2.31. The second-order valence-corrected chi connectivity index (χ2v) is 43.8. The highest BCUT2D eigenvalue weighted by atomic mass is 16.6. The summed E-state index contributed by atoms with van der Waals surface area (Å²) in [7, 11) is 0. The smallest absolute Gasteiger partial charge is 0.407 e. The van der Waals surface area contributed by atoms with Crippen LogP contribution in [0.15, 0.2) is 218 Å². The van der Waals surface area contributed by atoms with Gasteiger partial charge in [0.05, 0.1) is 135 Å². The van der Waals surface area contributed by atoms with Crippen LogP contribution in [0, 0.1) is 0 Å². The number of benzene rings is 9. The SMILES string of the molecule is CC(C)(C)OC(=O)NCC(O)c1ccc(COC[C@H](OCc2ccc(C(O)CNC(=O)OC(C)(C)C)cc2)c2ccc(CN3CCN(Cc4ccc([C@H](COCc5ccc(C(O)CNC(=O)OC(C)(C)C)cc5)OCc5ccc(C(O)CNC(=O)OC(C)(C)C)cc5)cc4)CCN(Cc4ccc([C@H](COCc5ccc(C(O)CNC(=O)OC(C)(C)C)cc5)OCc5ccc(C(O)CNC(=O)OC(C)(C)C)cc5)cc4)CC3)cc2)cc1. The number of carbonyl (C=O) groups excluding carboxylic acids is 6. The van der Waals surface area contributed by atoms with E-state index in [0.29, 0.717) is 53.0 Å². The summed E-state index contributed by atoms with van der Waals surface area (Å²) in [6, 6.07) is 69.5. The van der Waals surface area contributed by atoms with Crippen LogP contribution in [0.4, 0.5) is 28.8 Å². The van der Waals surface area contributed by atoms with Crippen molar-refractivity contribution in [3.05, 3.63) is 319 Å². The molecule has 33 heteroatoms. The molecule has 0 aromatic heterocycles. The fourth-order valence-corrected chi connectivity index (χ4v) is 15.8. The lowest BCUT2D eigenvalue weighted by Gasteiger charge is -2.26. The fraction of sp³-hybridized carbons (Fsp3) is 0.487. The molecule has 816 valence electrons. The molecule has 0 aliphatic carbocycles. The summed E-state index contributed by atoms with van der Waals surface area (Å²) < 4.78 is 72.0. The quantitative estimate of drug-likeness (QED) is 0.0158. The highest BCUT2D eigenvalue weighted by Gasteiger charge is 2.29. The number of nitrogens with zero attached hydrogens (tertiary/aromatic N) is 3. The van der Waals surface area contributed by atoms with Gasteiger partial charge in [-0.2, -0.15) is 0 Å². The molecule has 0 spiro atoms. The molecular weight excluding hydrogens is 1920 g/mol. The summed E-state index contributed by atoms with van der Waals surface area (Å²) in [6.07, 6.45) is -11.3. The van der Waals surface area contributed by atoms with Crippen LogP contribution >= 0.6 is 0 Å². The Morgan fingerprint density at radius 1 is 0.220 bits per heavy atom. The van der Waals surface area contributed by atoms with Crippen molar-refractivity contribution in [2.75, 3.05) is 98.4 Å². The lowest BCUT2D eigenvalue weighted by Crippen LogP contribution is -2.35. The summed E-state index contributed by atoms with van der Waals surface area (Å²) in [5, 5.41) is 82.1. The predicted molar refractivity (Wildman–Crippen MR) is 571 cm³/mol. The third-order valence-electron chi connectivity index (χ3n) is 23.7. The monoisotopic (exact) mass is 2070 g/mol. The molecule has 10 rings (SSSR count). The van der Waals surface area contributed by atoms with E-state index in [1.54, 1.807) is 197 Å². The zero-order valence-corrected chi connectivity index (χ0v) is 90.3. The molecule has 6 unspecified atom stereocenters. The lowest BCUT2D eigenvalue weighted by atomic mass is 10.1. The van der Waals surface area contributed by atoms with Gasteiger partial charge in [0.25, 0.3) is 0 Å². The maximum Gasteiger partial charge on any atom is 0.407 e. The molecule has 12 N–H and O–H groups in total. The van der Waals surface area contributed by atoms with Crippen LogP contribution in [-0.4, -0.2) is 214 Å². The summed E-state index contributed by atoms with van der Waals surface area (Å²) in [4.78, 5) is 82.1. The Labute approximate surface area is 884 Å². The molecule has 0 radical (unpaired) electrons. The molecule has 0 saturated carbocycles. The van der Waals surface area contributed by atoms with Crippen molar-refractivity contribution in [3.8, 4) is 0 Å². The zero-order valence-electron chi connectivity index (χ0n) is 90.3. The summed E-state index contributed by atoms with van der Waals surface area (Å²) in [5.74, 6) is 0. The van der Waals surface area contributed by atoms with Gasteiger partial charge < -0.3 is 119 Å². The molecule has 9 aromatic carbocycles. The van der Waals surface area contributed by atoms with E-state index in [1.807, 2.05) is 72.8 Å². The van der Waals surface area contributed by atoms with Gasteiger partial charge in [0, 0.05) is 58.9 Å². The van der Waals surface area contributed by atoms with Crippen LogP contribution in [0.2, 0.25) is 0 Å². The number of ether oxygens (including phenoxy) is 12. The first-order valence-electron chi connectivity index (χ1n) is 51.3. The van der Waals surface area contributed by atoms with Crippen molar-refractivity contribution in [1.82, 2.24) is 46.6 Å². The molecule has 1 heterocycles. The van der Waals surface area contributed by atoms with Crippen LogP contribution in [-0.2, 0) is 116 Å². The third-order valence-corrected chi connectivity index (χ3v) is 23.7. The van der Waals surface area contributed by atoms with E-state index in [-0.39, 0.29) is 98.7 Å². The molecule has 33 nitrogen and oxygen atoms in total. The van der Waals surface area contributed by atoms with E-state index in [9.17, 15) is 59.4 Å². The van der Waals surface area contributed by atoms with Crippen LogP contribution < -0.4 is 31.9 Å². The molecule has 9 aromatic rings. The topological polar surface area (TPSA) is 416 Å². The maximum absolute atomic E-state index is 12.5. The number of carbonyl (C=O) groups is 6. The van der Waals surface area contributed by atoms with Gasteiger partial charge in [-0.15, -0.1) is 0 Å². The Bertz CT molecular complexity index is 5030. The van der Waals surface area contributed by atoms with E-state index in [1.165, 1.54) is 0 Å². The average molecular weight is 2080 g/mol. The van der Waals surface area contributed by atoms with Gasteiger partial charge in [0.15, 0.2) is 0 Å². The number of hydrogen-bond acceptors (Lipinski definition) is 27. The van der Waals surface area contributed by atoms with Gasteiger partial charge in [-0.1, -0.05) is 218 Å². The van der Waals surface area contributed by atoms with Gasteiger partial charge in [-0.25, -0.2) is 28.8 Å². The second kappa shape index (κ2) is 57.5. The first-order valence-corrected chi connectivity index (χ1v) is 51.3. The fourth-order valence-electron chi connectivity index (χ4n) is 15.8. The maximum atomic E-state index is 12.5. The Balaban J connectivity index is 0.892. The van der Waals surface area contributed by atoms with Gasteiger partial charge in [0.1, 0.15) is 51.9 Å². The van der Waals surface area contributed by atoms with Crippen molar-refractivity contribution in [3.63, 3.8) is 0 Å². The van der Waals surface area contributed by atoms with Crippen molar-refractivity contribution in [1.29, 1.82) is 0 Å². The number of amides is 6. The highest BCUT2D eigenvalue weighted by molar-refractivity contribution is 5.70. The van der Waals surface area contributed by atoms with E-state index in [2.05, 4.69) is 119 Å². The normalized spacial score (nSPS) is 15.1. The van der Waals surface area contributed by atoms with Crippen LogP contribution in [0.3, 0.4) is 0 Å². The minimum Gasteiger partial charge on any atom is -0.444 e. The molecule has 9 atom stereocenters. The number of aliphatic hydroxyl groups is 6. The molecule has 6 amide bonds. The number of nitrogens with one attached hydrogen (secondary N) is 6. The predicted octanol–water partition coefficient (Wildman–Crippen LogP) is 18.3. The lowest BCUT2D eigenvalue weighted by molar-refractivity contribution is -0.0314. The van der Waals surface area contributed by atoms with Crippen LogP contribution in [0.25, 0.3) is 0 Å².